The largest absolute Gasteiger partial charge is 0.451 e. The van der Waals surface area contributed by atoms with E-state index in [1.807, 2.05) is 20.8 Å². The second kappa shape index (κ2) is 7.91. The molecule has 136 valence electrons. The first-order valence-corrected chi connectivity index (χ1v) is 8.25. The summed E-state index contributed by atoms with van der Waals surface area (Å²) in [5.74, 6) is -1.01. The summed E-state index contributed by atoms with van der Waals surface area (Å²) in [7, 11) is 0. The number of hydrogen-bond donors (Lipinski definition) is 1. The zero-order valence-corrected chi connectivity index (χ0v) is 15.3. The maximum atomic E-state index is 12.4. The fourth-order valence-electron chi connectivity index (χ4n) is 2.04. The minimum absolute atomic E-state index is 0.115. The first-order chi connectivity index (χ1) is 12.2. The lowest BCUT2D eigenvalue weighted by molar-refractivity contribution is -0.123. The van der Waals surface area contributed by atoms with Gasteiger partial charge in [0.05, 0.1) is 5.56 Å². The Morgan fingerprint density at radius 3 is 2.08 bits per heavy atom. The summed E-state index contributed by atoms with van der Waals surface area (Å²) < 4.78 is 5.21. The van der Waals surface area contributed by atoms with E-state index in [9.17, 15) is 14.4 Å². The van der Waals surface area contributed by atoms with Crippen molar-refractivity contribution in [2.75, 3.05) is 5.32 Å². The molecule has 2 rings (SSSR count). The van der Waals surface area contributed by atoms with Crippen LogP contribution in [0.25, 0.3) is 0 Å². The number of ether oxygens (including phenoxy) is 1. The molecule has 0 aliphatic rings. The lowest BCUT2D eigenvalue weighted by Gasteiger charge is -2.18. The molecule has 1 amide bonds. The number of amides is 1. The van der Waals surface area contributed by atoms with Crippen LogP contribution in [0, 0.1) is 5.41 Å². The first kappa shape index (κ1) is 19.3. The summed E-state index contributed by atoms with van der Waals surface area (Å²) >= 11 is 0. The predicted octanol–water partition coefficient (Wildman–Crippen LogP) is 3.49. The fourth-order valence-corrected chi connectivity index (χ4v) is 2.04. The number of aromatic nitrogens is 1. The molecular formula is C20H22N2O4. The van der Waals surface area contributed by atoms with Crippen LogP contribution in [0.4, 0.5) is 5.69 Å². The number of nitrogens with zero attached hydrogens (tertiary/aromatic N) is 1. The molecule has 0 unspecified atom stereocenters. The van der Waals surface area contributed by atoms with Gasteiger partial charge in [0, 0.05) is 29.1 Å². The quantitative estimate of drug-likeness (QED) is 0.656. The molecule has 0 bridgehead atoms. The molecule has 1 atom stereocenters. The molecule has 1 heterocycles. The van der Waals surface area contributed by atoms with Gasteiger partial charge in [-0.1, -0.05) is 20.8 Å². The van der Waals surface area contributed by atoms with Gasteiger partial charge in [0.25, 0.3) is 0 Å². The number of rotatable bonds is 5. The highest BCUT2D eigenvalue weighted by Gasteiger charge is 2.22. The summed E-state index contributed by atoms with van der Waals surface area (Å²) in [6, 6.07) is 9.52. The van der Waals surface area contributed by atoms with Crippen LogP contribution in [0.2, 0.25) is 0 Å². The lowest BCUT2D eigenvalue weighted by Crippen LogP contribution is -2.27. The van der Waals surface area contributed by atoms with E-state index >= 15 is 0 Å². The van der Waals surface area contributed by atoms with E-state index < -0.39 is 17.5 Å². The average Bonchev–Trinajstić information content (AvgIpc) is 2.61. The van der Waals surface area contributed by atoms with Crippen LogP contribution >= 0.6 is 0 Å². The van der Waals surface area contributed by atoms with E-state index in [-0.39, 0.29) is 11.7 Å². The maximum Gasteiger partial charge on any atom is 0.338 e. The van der Waals surface area contributed by atoms with Crippen LogP contribution in [0.3, 0.4) is 0 Å². The smallest absolute Gasteiger partial charge is 0.338 e. The van der Waals surface area contributed by atoms with E-state index in [1.165, 1.54) is 31.5 Å². The van der Waals surface area contributed by atoms with Crippen molar-refractivity contribution in [1.29, 1.82) is 0 Å². The Labute approximate surface area is 152 Å². The Bertz CT molecular complexity index is 793. The normalized spacial score (nSPS) is 12.2. The summed E-state index contributed by atoms with van der Waals surface area (Å²) in [5.41, 5.74) is 0.820. The summed E-state index contributed by atoms with van der Waals surface area (Å²) in [5, 5.41) is 2.79. The molecule has 26 heavy (non-hydrogen) atoms. The van der Waals surface area contributed by atoms with Gasteiger partial charge in [-0.3, -0.25) is 14.6 Å². The standard InChI is InChI=1S/C20H22N2O4/c1-13(26-18(24)15-9-11-21-12-10-15)17(23)14-5-7-16(8-6-14)22-19(25)20(2,3)4/h5-13H,1-4H3,(H,22,25)/t13-/m1/s1. The zero-order chi connectivity index (χ0) is 19.3. The van der Waals surface area contributed by atoms with Gasteiger partial charge >= 0.3 is 5.97 Å². The van der Waals surface area contributed by atoms with Gasteiger partial charge in [-0.25, -0.2) is 4.79 Å². The van der Waals surface area contributed by atoms with E-state index in [2.05, 4.69) is 10.3 Å². The lowest BCUT2D eigenvalue weighted by atomic mass is 9.95. The maximum absolute atomic E-state index is 12.4. The second-order valence-corrected chi connectivity index (χ2v) is 6.93. The number of carbonyl (C=O) groups is 3. The molecule has 0 spiro atoms. The van der Waals surface area contributed by atoms with Crippen LogP contribution in [0.1, 0.15) is 48.4 Å². The van der Waals surface area contributed by atoms with Gasteiger partial charge in [-0.15, -0.1) is 0 Å². The Morgan fingerprint density at radius 1 is 0.962 bits per heavy atom. The van der Waals surface area contributed by atoms with Crippen molar-refractivity contribution in [1.82, 2.24) is 4.98 Å². The molecule has 0 radical (unpaired) electrons. The summed E-state index contributed by atoms with van der Waals surface area (Å²) in [6.07, 6.45) is 2.03. The average molecular weight is 354 g/mol. The molecule has 0 aliphatic heterocycles. The number of hydrogen-bond acceptors (Lipinski definition) is 5. The molecule has 0 saturated carbocycles. The number of anilines is 1. The van der Waals surface area contributed by atoms with E-state index in [1.54, 1.807) is 24.3 Å². The highest BCUT2D eigenvalue weighted by molar-refractivity contribution is 6.02. The third-order valence-electron chi connectivity index (χ3n) is 3.68. The van der Waals surface area contributed by atoms with E-state index in [0.29, 0.717) is 16.8 Å². The Kier molecular flexibility index (Phi) is 5.87. The van der Waals surface area contributed by atoms with Crippen molar-refractivity contribution in [2.24, 2.45) is 5.41 Å². The van der Waals surface area contributed by atoms with Crippen LogP contribution in [-0.4, -0.2) is 28.7 Å². The summed E-state index contributed by atoms with van der Waals surface area (Å²) in [4.78, 5) is 40.2. The predicted molar refractivity (Wildman–Crippen MR) is 98.0 cm³/mol. The third kappa shape index (κ3) is 4.99. The minimum atomic E-state index is -0.925. The number of pyridine rings is 1. The van der Waals surface area contributed by atoms with Gasteiger partial charge in [0.2, 0.25) is 11.7 Å². The molecule has 1 aromatic carbocycles. The van der Waals surface area contributed by atoms with E-state index in [0.717, 1.165) is 0 Å². The van der Waals surface area contributed by atoms with Crippen LogP contribution in [0.15, 0.2) is 48.8 Å². The molecule has 0 aliphatic carbocycles. The van der Waals surface area contributed by atoms with Gasteiger partial charge < -0.3 is 10.1 Å². The Balaban J connectivity index is 2.00. The minimum Gasteiger partial charge on any atom is -0.451 e. The Hall–Kier alpha value is -3.02. The molecule has 0 saturated heterocycles. The SMILES string of the molecule is C[C@@H](OC(=O)c1ccncc1)C(=O)c1ccc(NC(=O)C(C)(C)C)cc1. The number of ketones is 1. The topological polar surface area (TPSA) is 85.4 Å². The monoisotopic (exact) mass is 354 g/mol. The molecule has 6 nitrogen and oxygen atoms in total. The number of esters is 1. The van der Waals surface area contributed by atoms with Crippen molar-refractivity contribution in [3.05, 3.63) is 59.9 Å². The molecule has 0 fully saturated rings. The summed E-state index contributed by atoms with van der Waals surface area (Å²) in [6.45, 7) is 6.98. The van der Waals surface area contributed by atoms with Gasteiger partial charge in [0.15, 0.2) is 6.10 Å². The zero-order valence-electron chi connectivity index (χ0n) is 15.3. The molecule has 1 aromatic heterocycles. The van der Waals surface area contributed by atoms with Crippen molar-refractivity contribution >= 4 is 23.3 Å². The van der Waals surface area contributed by atoms with Gasteiger partial charge in [0.1, 0.15) is 0 Å². The third-order valence-corrected chi connectivity index (χ3v) is 3.68. The van der Waals surface area contributed by atoms with Crippen LogP contribution in [0.5, 0.6) is 0 Å². The number of Topliss-reactive ketones (excluding diaryl/α,β-unsaturated/α-hetero) is 1. The molecule has 6 heteroatoms. The number of benzene rings is 1. The number of nitrogens with one attached hydrogen (secondary N) is 1. The Morgan fingerprint density at radius 2 is 1.54 bits per heavy atom. The first-order valence-electron chi connectivity index (χ1n) is 8.25. The van der Waals surface area contributed by atoms with Gasteiger partial charge in [-0.05, 0) is 43.3 Å². The van der Waals surface area contributed by atoms with Crippen molar-refractivity contribution < 1.29 is 19.1 Å². The van der Waals surface area contributed by atoms with Crippen molar-refractivity contribution in [3.8, 4) is 0 Å². The molecular weight excluding hydrogens is 332 g/mol. The molecule has 2 aromatic rings. The van der Waals surface area contributed by atoms with Crippen molar-refractivity contribution in [2.45, 2.75) is 33.8 Å². The fraction of sp³-hybridized carbons (Fsp3) is 0.300. The highest BCUT2D eigenvalue weighted by Crippen LogP contribution is 2.18. The van der Waals surface area contributed by atoms with E-state index in [4.69, 9.17) is 4.74 Å². The van der Waals surface area contributed by atoms with Crippen LogP contribution in [-0.2, 0) is 9.53 Å². The number of carbonyl (C=O) groups excluding carboxylic acids is 3. The van der Waals surface area contributed by atoms with Crippen molar-refractivity contribution in [3.63, 3.8) is 0 Å². The van der Waals surface area contributed by atoms with Crippen LogP contribution < -0.4 is 5.32 Å². The van der Waals surface area contributed by atoms with Gasteiger partial charge in [-0.2, -0.15) is 0 Å². The molecule has 1 N–H and O–H groups in total. The second-order valence-electron chi connectivity index (χ2n) is 6.93. The highest BCUT2D eigenvalue weighted by atomic mass is 16.5.